The lowest BCUT2D eigenvalue weighted by Gasteiger charge is -2.25. The third kappa shape index (κ3) is 5.47. The Hall–Kier alpha value is -4.87. The Morgan fingerprint density at radius 3 is 2.39 bits per heavy atom. The van der Waals surface area contributed by atoms with Crippen LogP contribution in [0, 0.1) is 5.82 Å². The van der Waals surface area contributed by atoms with Crippen molar-refractivity contribution < 1.29 is 31.9 Å². The SMILES string of the molecule is O=C(O)NS(=O)(=O)N(CCNc1nonc1-c1noc(=O)n1-c1ccc(F)c(Br)c1)CC1c2ccccc2-c2ccccc21. The van der Waals surface area contributed by atoms with Crippen LogP contribution in [0.2, 0.25) is 0 Å². The van der Waals surface area contributed by atoms with Crippen LogP contribution in [0.5, 0.6) is 0 Å². The molecular formula is C27H21BrFN7O7S. The fourth-order valence-electron chi connectivity index (χ4n) is 5.15. The summed E-state index contributed by atoms with van der Waals surface area (Å²) in [5.74, 6) is -1.92. The van der Waals surface area contributed by atoms with Crippen molar-refractivity contribution in [2.24, 2.45) is 0 Å². The zero-order chi connectivity index (χ0) is 31.0. The van der Waals surface area contributed by atoms with Crippen LogP contribution in [-0.4, -0.2) is 63.6 Å². The molecule has 226 valence electrons. The van der Waals surface area contributed by atoms with Crippen LogP contribution in [0.1, 0.15) is 17.0 Å². The van der Waals surface area contributed by atoms with Gasteiger partial charge in [-0.15, -0.1) is 0 Å². The average Bonchev–Trinajstić information content (AvgIpc) is 3.69. The van der Waals surface area contributed by atoms with E-state index in [0.717, 1.165) is 37.2 Å². The van der Waals surface area contributed by atoms with E-state index in [4.69, 9.17) is 9.15 Å². The van der Waals surface area contributed by atoms with Crippen LogP contribution in [0.25, 0.3) is 28.3 Å². The number of benzene rings is 3. The van der Waals surface area contributed by atoms with E-state index in [0.29, 0.717) is 0 Å². The van der Waals surface area contributed by atoms with Crippen molar-refractivity contribution in [2.45, 2.75) is 5.92 Å². The van der Waals surface area contributed by atoms with Crippen molar-refractivity contribution in [3.8, 4) is 28.3 Å². The van der Waals surface area contributed by atoms with E-state index < -0.39 is 27.9 Å². The summed E-state index contributed by atoms with van der Waals surface area (Å²) in [5, 5.41) is 23.5. The number of hydrogen-bond donors (Lipinski definition) is 3. The molecular weight excluding hydrogens is 665 g/mol. The smallest absolute Gasteiger partial charge is 0.446 e. The first-order valence-electron chi connectivity index (χ1n) is 12.9. The van der Waals surface area contributed by atoms with Crippen LogP contribution in [0.15, 0.2) is 85.1 Å². The normalized spacial score (nSPS) is 12.7. The maximum atomic E-state index is 13.8. The number of nitrogens with zero attached hydrogens (tertiary/aromatic N) is 5. The third-order valence-corrected chi connectivity index (χ3v) is 9.08. The Balaban J connectivity index is 1.26. The van der Waals surface area contributed by atoms with Gasteiger partial charge in [0, 0.05) is 25.6 Å². The van der Waals surface area contributed by atoms with Gasteiger partial charge in [0.1, 0.15) is 5.82 Å². The molecule has 2 heterocycles. The molecule has 1 aliphatic rings. The third-order valence-electron chi connectivity index (χ3n) is 7.02. The van der Waals surface area contributed by atoms with E-state index in [-0.39, 0.29) is 53.0 Å². The topological polar surface area (TPSA) is 186 Å². The summed E-state index contributed by atoms with van der Waals surface area (Å²) in [5.41, 5.74) is 3.93. The van der Waals surface area contributed by atoms with Crippen molar-refractivity contribution in [3.05, 3.63) is 98.7 Å². The summed E-state index contributed by atoms with van der Waals surface area (Å²) >= 11 is 3.08. The molecule has 1 aliphatic carbocycles. The van der Waals surface area contributed by atoms with E-state index in [1.807, 2.05) is 48.5 Å². The number of anilines is 1. The number of aromatic nitrogens is 4. The van der Waals surface area contributed by atoms with Gasteiger partial charge in [-0.3, -0.25) is 4.52 Å². The molecule has 14 nitrogen and oxygen atoms in total. The fraction of sp³-hybridized carbons (Fsp3) is 0.148. The second-order valence-corrected chi connectivity index (χ2v) is 12.1. The van der Waals surface area contributed by atoms with Crippen molar-refractivity contribution in [1.82, 2.24) is 29.1 Å². The highest BCUT2D eigenvalue weighted by Gasteiger charge is 2.34. The summed E-state index contributed by atoms with van der Waals surface area (Å²) in [6, 6.07) is 19.1. The van der Waals surface area contributed by atoms with Crippen molar-refractivity contribution in [3.63, 3.8) is 0 Å². The first kappa shape index (κ1) is 29.2. The molecule has 0 fully saturated rings. The van der Waals surface area contributed by atoms with Gasteiger partial charge < -0.3 is 10.4 Å². The van der Waals surface area contributed by atoms with Gasteiger partial charge in [-0.1, -0.05) is 53.7 Å². The molecule has 0 atom stereocenters. The van der Waals surface area contributed by atoms with E-state index >= 15 is 0 Å². The highest BCUT2D eigenvalue weighted by atomic mass is 79.9. The molecule has 2 aromatic heterocycles. The summed E-state index contributed by atoms with van der Waals surface area (Å²) in [6.45, 7) is -0.348. The number of halogens is 2. The quantitative estimate of drug-likeness (QED) is 0.194. The molecule has 0 spiro atoms. The maximum absolute atomic E-state index is 13.8. The van der Waals surface area contributed by atoms with Gasteiger partial charge in [-0.2, -0.15) is 12.7 Å². The Bertz CT molecular complexity index is 2000. The second kappa shape index (κ2) is 11.7. The minimum Gasteiger partial charge on any atom is -0.464 e. The Kier molecular flexibility index (Phi) is 7.74. The fourth-order valence-corrected chi connectivity index (χ4v) is 6.54. The van der Waals surface area contributed by atoms with Gasteiger partial charge in [0.15, 0.2) is 5.69 Å². The molecule has 1 amide bonds. The summed E-state index contributed by atoms with van der Waals surface area (Å²) in [6.07, 6.45) is -1.73. The first-order chi connectivity index (χ1) is 21.1. The van der Waals surface area contributed by atoms with Crippen LogP contribution in [0.3, 0.4) is 0 Å². The molecule has 17 heteroatoms. The minimum atomic E-state index is -4.49. The lowest BCUT2D eigenvalue weighted by atomic mass is 9.97. The summed E-state index contributed by atoms with van der Waals surface area (Å²) in [7, 11) is -4.49. The predicted molar refractivity (Wildman–Crippen MR) is 157 cm³/mol. The zero-order valence-electron chi connectivity index (χ0n) is 22.3. The lowest BCUT2D eigenvalue weighted by Crippen LogP contribution is -2.46. The Labute approximate surface area is 256 Å². The molecule has 0 saturated carbocycles. The Morgan fingerprint density at radius 1 is 1.05 bits per heavy atom. The van der Waals surface area contributed by atoms with E-state index in [2.05, 4.69) is 36.7 Å². The number of carboxylic acid groups (broad SMARTS) is 1. The van der Waals surface area contributed by atoms with E-state index in [9.17, 15) is 27.5 Å². The lowest BCUT2D eigenvalue weighted by molar-refractivity contribution is 0.200. The summed E-state index contributed by atoms with van der Waals surface area (Å²) < 4.78 is 53.5. The Morgan fingerprint density at radius 2 is 1.73 bits per heavy atom. The van der Waals surface area contributed by atoms with E-state index in [1.165, 1.54) is 12.1 Å². The predicted octanol–water partition coefficient (Wildman–Crippen LogP) is 3.82. The van der Waals surface area contributed by atoms with Gasteiger partial charge in [-0.05, 0) is 66.7 Å². The molecule has 6 rings (SSSR count). The van der Waals surface area contributed by atoms with Gasteiger partial charge in [0.05, 0.1) is 10.2 Å². The zero-order valence-corrected chi connectivity index (χ0v) is 24.7. The van der Waals surface area contributed by atoms with Crippen molar-refractivity contribution in [1.29, 1.82) is 0 Å². The van der Waals surface area contributed by atoms with Gasteiger partial charge in [-0.25, -0.2) is 27.9 Å². The van der Waals surface area contributed by atoms with Gasteiger partial charge in [0.2, 0.25) is 11.6 Å². The molecule has 0 bridgehead atoms. The second-order valence-electron chi connectivity index (χ2n) is 9.59. The van der Waals surface area contributed by atoms with Gasteiger partial charge >= 0.3 is 22.1 Å². The molecule has 44 heavy (non-hydrogen) atoms. The number of hydrogen-bond acceptors (Lipinski definition) is 10. The number of nitrogens with one attached hydrogen (secondary N) is 2. The average molecular weight is 686 g/mol. The minimum absolute atomic E-state index is 0.00618. The number of rotatable bonds is 10. The van der Waals surface area contributed by atoms with Crippen LogP contribution >= 0.6 is 15.9 Å². The van der Waals surface area contributed by atoms with Crippen molar-refractivity contribution in [2.75, 3.05) is 25.0 Å². The molecule has 0 unspecified atom stereocenters. The molecule has 0 aliphatic heterocycles. The highest BCUT2D eigenvalue weighted by Crippen LogP contribution is 2.45. The largest absolute Gasteiger partial charge is 0.464 e. The van der Waals surface area contributed by atoms with Crippen LogP contribution in [-0.2, 0) is 10.2 Å². The monoisotopic (exact) mass is 685 g/mol. The van der Waals surface area contributed by atoms with E-state index in [1.54, 1.807) is 4.72 Å². The van der Waals surface area contributed by atoms with Crippen LogP contribution in [0.4, 0.5) is 15.0 Å². The van der Waals surface area contributed by atoms with Crippen molar-refractivity contribution >= 4 is 38.1 Å². The molecule has 5 aromatic rings. The molecule has 3 N–H and O–H groups in total. The molecule has 3 aromatic carbocycles. The summed E-state index contributed by atoms with van der Waals surface area (Å²) in [4.78, 5) is 23.9. The standard InChI is InChI=1S/C27H21BrFN7O7S/c28-21-13-15(9-10-22(21)29)36-25(33-42-27(36)39)23-24(32-43-31-23)30-11-12-35(44(40,41)34-26(37)38)14-20-18-7-3-1-5-16(18)17-6-2-4-8-19(17)20/h1-10,13,20,34H,11-12,14H2,(H,30,32)(H,37,38). The number of carbonyl (C=O) groups is 1. The maximum Gasteiger partial charge on any atom is 0.446 e. The highest BCUT2D eigenvalue weighted by molar-refractivity contribution is 9.10. The molecule has 0 radical (unpaired) electrons. The van der Waals surface area contributed by atoms with Gasteiger partial charge in [0.25, 0.3) is 0 Å². The number of amides is 1. The van der Waals surface area contributed by atoms with Crippen LogP contribution < -0.4 is 15.8 Å². The number of fused-ring (bicyclic) bond motifs is 3. The first-order valence-corrected chi connectivity index (χ1v) is 15.2. The molecule has 0 saturated heterocycles.